The Morgan fingerprint density at radius 2 is 1.69 bits per heavy atom. The second kappa shape index (κ2) is 4.37. The van der Waals surface area contributed by atoms with E-state index in [9.17, 15) is 8.42 Å². The third-order valence-corrected chi connectivity index (χ3v) is 5.18. The topological polar surface area (TPSA) is 85.9 Å². The molecule has 0 spiro atoms. The fraction of sp³-hybridized carbons (Fsp3) is 0.600. The van der Waals surface area contributed by atoms with Gasteiger partial charge in [0.1, 0.15) is 4.90 Å². The summed E-state index contributed by atoms with van der Waals surface area (Å²) in [6, 6.07) is 0. The molecule has 1 aromatic rings. The lowest BCUT2D eigenvalue weighted by Crippen LogP contribution is -2.24. The molecule has 0 bridgehead atoms. The minimum absolute atomic E-state index is 0.0996. The lowest BCUT2D eigenvalue weighted by atomic mass is 10.0. The summed E-state index contributed by atoms with van der Waals surface area (Å²) in [7, 11) is -3.26. The number of nitrogens with zero attached hydrogens (tertiary/aromatic N) is 2. The summed E-state index contributed by atoms with van der Waals surface area (Å²) in [5.74, 6) is 0.0996. The molecular formula is C10H15N3O2S. The van der Waals surface area contributed by atoms with E-state index in [-0.39, 0.29) is 16.1 Å². The molecule has 1 aliphatic rings. The number of nitrogens with two attached hydrogens (primary N) is 1. The fourth-order valence-corrected chi connectivity index (χ4v) is 3.78. The molecule has 16 heavy (non-hydrogen) atoms. The highest BCUT2D eigenvalue weighted by atomic mass is 32.2. The van der Waals surface area contributed by atoms with E-state index in [2.05, 4.69) is 9.97 Å². The summed E-state index contributed by atoms with van der Waals surface area (Å²) < 4.78 is 24.4. The molecule has 2 N–H and O–H groups in total. The van der Waals surface area contributed by atoms with Crippen molar-refractivity contribution in [3.8, 4) is 0 Å². The van der Waals surface area contributed by atoms with Crippen LogP contribution in [0.1, 0.15) is 32.1 Å². The van der Waals surface area contributed by atoms with Gasteiger partial charge in [0, 0.05) is 0 Å². The van der Waals surface area contributed by atoms with Crippen LogP contribution in [-0.2, 0) is 9.84 Å². The third-order valence-electron chi connectivity index (χ3n) is 2.97. The van der Waals surface area contributed by atoms with Gasteiger partial charge < -0.3 is 5.73 Å². The van der Waals surface area contributed by atoms with Gasteiger partial charge in [-0.3, -0.25) is 0 Å². The molecule has 1 heterocycles. The molecule has 1 aliphatic carbocycles. The summed E-state index contributed by atoms with van der Waals surface area (Å²) >= 11 is 0. The van der Waals surface area contributed by atoms with Crippen LogP contribution >= 0.6 is 0 Å². The van der Waals surface area contributed by atoms with E-state index in [0.717, 1.165) is 32.1 Å². The molecule has 0 amide bonds. The van der Waals surface area contributed by atoms with Crippen molar-refractivity contribution in [2.75, 3.05) is 5.73 Å². The average molecular weight is 241 g/mol. The van der Waals surface area contributed by atoms with Crippen molar-refractivity contribution < 1.29 is 8.42 Å². The van der Waals surface area contributed by atoms with Crippen molar-refractivity contribution in [1.29, 1.82) is 0 Å². The molecule has 0 radical (unpaired) electrons. The summed E-state index contributed by atoms with van der Waals surface area (Å²) in [4.78, 5) is 7.64. The Kier molecular flexibility index (Phi) is 3.09. The maximum absolute atomic E-state index is 12.2. The van der Waals surface area contributed by atoms with Gasteiger partial charge in [-0.15, -0.1) is 0 Å². The molecule has 1 fully saturated rings. The molecule has 1 saturated carbocycles. The molecule has 0 saturated heterocycles. The summed E-state index contributed by atoms with van der Waals surface area (Å²) in [6.07, 6.45) is 7.18. The van der Waals surface area contributed by atoms with Crippen molar-refractivity contribution in [1.82, 2.24) is 9.97 Å². The number of sulfone groups is 1. The minimum atomic E-state index is -3.26. The molecule has 6 heteroatoms. The normalized spacial score (nSPS) is 18.5. The molecular weight excluding hydrogens is 226 g/mol. The van der Waals surface area contributed by atoms with Gasteiger partial charge in [-0.25, -0.2) is 18.4 Å². The van der Waals surface area contributed by atoms with E-state index in [4.69, 9.17) is 5.73 Å². The first kappa shape index (κ1) is 11.3. The first-order chi connectivity index (χ1) is 7.60. The Balaban J connectivity index is 2.27. The van der Waals surface area contributed by atoms with Crippen molar-refractivity contribution in [2.24, 2.45) is 0 Å². The van der Waals surface area contributed by atoms with E-state index < -0.39 is 9.84 Å². The molecule has 2 rings (SSSR count). The van der Waals surface area contributed by atoms with E-state index in [1.54, 1.807) is 0 Å². The highest BCUT2D eigenvalue weighted by Gasteiger charge is 2.29. The zero-order chi connectivity index (χ0) is 11.6. The van der Waals surface area contributed by atoms with Crippen molar-refractivity contribution in [2.45, 2.75) is 42.2 Å². The third kappa shape index (κ3) is 2.16. The van der Waals surface area contributed by atoms with Crippen molar-refractivity contribution in [3.63, 3.8) is 0 Å². The largest absolute Gasteiger partial charge is 0.368 e. The van der Waals surface area contributed by atoms with Crippen LogP contribution < -0.4 is 5.73 Å². The van der Waals surface area contributed by atoms with Gasteiger partial charge in [-0.05, 0) is 12.8 Å². The number of hydrogen-bond donors (Lipinski definition) is 1. The van der Waals surface area contributed by atoms with E-state index >= 15 is 0 Å². The van der Waals surface area contributed by atoms with Gasteiger partial charge in [0.05, 0.1) is 17.6 Å². The summed E-state index contributed by atoms with van der Waals surface area (Å²) in [6.45, 7) is 0. The lowest BCUT2D eigenvalue weighted by Gasteiger charge is -2.21. The number of anilines is 1. The molecule has 0 unspecified atom stereocenters. The van der Waals surface area contributed by atoms with E-state index in [1.165, 1.54) is 12.4 Å². The monoisotopic (exact) mass is 241 g/mol. The average Bonchev–Trinajstić information content (AvgIpc) is 2.31. The van der Waals surface area contributed by atoms with E-state index in [1.807, 2.05) is 0 Å². The van der Waals surface area contributed by atoms with Crippen LogP contribution in [0.3, 0.4) is 0 Å². The van der Waals surface area contributed by atoms with Gasteiger partial charge in [0.2, 0.25) is 5.95 Å². The predicted molar refractivity (Wildman–Crippen MR) is 60.5 cm³/mol. The SMILES string of the molecule is Nc1ncc(S(=O)(=O)C2CCCCC2)cn1. The van der Waals surface area contributed by atoms with Crippen molar-refractivity contribution in [3.05, 3.63) is 12.4 Å². The zero-order valence-corrected chi connectivity index (χ0v) is 9.78. The maximum Gasteiger partial charge on any atom is 0.219 e. The molecule has 0 aliphatic heterocycles. The Hall–Kier alpha value is -1.17. The van der Waals surface area contributed by atoms with Gasteiger partial charge in [-0.2, -0.15) is 0 Å². The van der Waals surface area contributed by atoms with Gasteiger partial charge in [0.15, 0.2) is 9.84 Å². The highest BCUT2D eigenvalue weighted by molar-refractivity contribution is 7.92. The van der Waals surface area contributed by atoms with Crippen LogP contribution in [0.4, 0.5) is 5.95 Å². The molecule has 0 atom stereocenters. The van der Waals surface area contributed by atoms with Crippen LogP contribution in [0.15, 0.2) is 17.3 Å². The summed E-state index contributed by atoms with van der Waals surface area (Å²) in [5.41, 5.74) is 5.33. The number of rotatable bonds is 2. The first-order valence-corrected chi connectivity index (χ1v) is 6.97. The quantitative estimate of drug-likeness (QED) is 0.839. The lowest BCUT2D eigenvalue weighted by molar-refractivity contribution is 0.483. The minimum Gasteiger partial charge on any atom is -0.368 e. The molecule has 0 aromatic carbocycles. The summed E-state index contributed by atoms with van der Waals surface area (Å²) in [5, 5.41) is -0.270. The fourth-order valence-electron chi connectivity index (χ4n) is 2.04. The predicted octanol–water partition coefficient (Wildman–Crippen LogP) is 1.17. The van der Waals surface area contributed by atoms with Gasteiger partial charge in [-0.1, -0.05) is 19.3 Å². The Morgan fingerprint density at radius 1 is 1.12 bits per heavy atom. The molecule has 88 valence electrons. The maximum atomic E-state index is 12.2. The van der Waals surface area contributed by atoms with Gasteiger partial charge in [0.25, 0.3) is 0 Å². The Labute approximate surface area is 95.0 Å². The molecule has 5 nitrogen and oxygen atoms in total. The van der Waals surface area contributed by atoms with Crippen LogP contribution in [0.5, 0.6) is 0 Å². The van der Waals surface area contributed by atoms with Gasteiger partial charge >= 0.3 is 0 Å². The number of aromatic nitrogens is 2. The van der Waals surface area contributed by atoms with Crippen LogP contribution in [-0.4, -0.2) is 23.6 Å². The standard InChI is InChI=1S/C10H15N3O2S/c11-10-12-6-9(7-13-10)16(14,15)8-4-2-1-3-5-8/h6-8H,1-5H2,(H2,11,12,13). The number of hydrogen-bond acceptors (Lipinski definition) is 5. The van der Waals surface area contributed by atoms with Crippen LogP contribution in [0.2, 0.25) is 0 Å². The highest BCUT2D eigenvalue weighted by Crippen LogP contribution is 2.27. The van der Waals surface area contributed by atoms with Crippen molar-refractivity contribution >= 4 is 15.8 Å². The van der Waals surface area contributed by atoms with Crippen LogP contribution in [0.25, 0.3) is 0 Å². The smallest absolute Gasteiger partial charge is 0.219 e. The van der Waals surface area contributed by atoms with E-state index in [0.29, 0.717) is 0 Å². The zero-order valence-electron chi connectivity index (χ0n) is 8.96. The Morgan fingerprint density at radius 3 is 2.25 bits per heavy atom. The van der Waals surface area contributed by atoms with Crippen LogP contribution in [0, 0.1) is 0 Å². The Bertz CT molecular complexity index is 449. The second-order valence-electron chi connectivity index (χ2n) is 4.08. The number of nitrogen functional groups attached to an aromatic ring is 1. The first-order valence-electron chi connectivity index (χ1n) is 5.42. The molecule has 1 aromatic heterocycles. The second-order valence-corrected chi connectivity index (χ2v) is 6.31.